The lowest BCUT2D eigenvalue weighted by Crippen LogP contribution is -2.37. The molecule has 110 valence electrons. The predicted molar refractivity (Wildman–Crippen MR) is 82.5 cm³/mol. The molecule has 1 fully saturated rings. The highest BCUT2D eigenvalue weighted by atomic mass is 16.1. The van der Waals surface area contributed by atoms with Crippen LogP contribution in [0.25, 0.3) is 0 Å². The van der Waals surface area contributed by atoms with Gasteiger partial charge in [-0.15, -0.1) is 0 Å². The first-order valence-corrected chi connectivity index (χ1v) is 7.52. The molecular formula is C16H25N3O. The number of benzene rings is 1. The van der Waals surface area contributed by atoms with E-state index in [9.17, 15) is 4.79 Å². The molecule has 1 saturated carbocycles. The molecule has 0 radical (unpaired) electrons. The summed E-state index contributed by atoms with van der Waals surface area (Å²) in [7, 11) is 0. The Labute approximate surface area is 121 Å². The van der Waals surface area contributed by atoms with Gasteiger partial charge in [0.1, 0.15) is 0 Å². The predicted octanol–water partition coefficient (Wildman–Crippen LogP) is 2.98. The third-order valence-corrected chi connectivity index (χ3v) is 4.40. The first-order valence-electron chi connectivity index (χ1n) is 7.52. The number of hydrogen-bond acceptors (Lipinski definition) is 3. The molecule has 0 spiro atoms. The second-order valence-electron chi connectivity index (χ2n) is 5.77. The summed E-state index contributed by atoms with van der Waals surface area (Å²) in [6, 6.07) is 5.87. The molecule has 1 amide bonds. The van der Waals surface area contributed by atoms with Gasteiger partial charge in [-0.3, -0.25) is 10.6 Å². The summed E-state index contributed by atoms with van der Waals surface area (Å²) in [5.41, 5.74) is 5.16. The number of hydrazine groups is 1. The maximum absolute atomic E-state index is 12.3. The molecule has 0 aliphatic heterocycles. The van der Waals surface area contributed by atoms with Crippen LogP contribution < -0.4 is 16.6 Å². The molecule has 4 nitrogen and oxygen atoms in total. The van der Waals surface area contributed by atoms with Gasteiger partial charge in [0.2, 0.25) is 0 Å². The molecule has 2 rings (SSSR count). The lowest BCUT2D eigenvalue weighted by atomic mass is 9.84. The standard InChI is InChI=1S/C16H25N3O/c1-3-12-4-7-14(8-5-12)18-16(20)13-6-9-15(19-17)11(2)10-13/h6,9-10,12,14,19H,3-5,7-8,17H2,1-2H3,(H,18,20). The van der Waals surface area contributed by atoms with Crippen molar-refractivity contribution < 1.29 is 4.79 Å². The molecule has 0 atom stereocenters. The van der Waals surface area contributed by atoms with Gasteiger partial charge in [-0.2, -0.15) is 0 Å². The third-order valence-electron chi connectivity index (χ3n) is 4.40. The number of carbonyl (C=O) groups is 1. The van der Waals surface area contributed by atoms with E-state index < -0.39 is 0 Å². The van der Waals surface area contributed by atoms with E-state index in [0.29, 0.717) is 11.6 Å². The van der Waals surface area contributed by atoms with E-state index in [4.69, 9.17) is 5.84 Å². The number of nitrogens with one attached hydrogen (secondary N) is 2. The van der Waals surface area contributed by atoms with Crippen molar-refractivity contribution in [3.63, 3.8) is 0 Å². The highest BCUT2D eigenvalue weighted by Gasteiger charge is 2.21. The quantitative estimate of drug-likeness (QED) is 0.584. The second-order valence-corrected chi connectivity index (χ2v) is 5.77. The number of anilines is 1. The van der Waals surface area contributed by atoms with Gasteiger partial charge >= 0.3 is 0 Å². The van der Waals surface area contributed by atoms with Crippen molar-refractivity contribution >= 4 is 11.6 Å². The van der Waals surface area contributed by atoms with Gasteiger partial charge in [0.25, 0.3) is 5.91 Å². The number of aryl methyl sites for hydroxylation is 1. The summed E-state index contributed by atoms with van der Waals surface area (Å²) >= 11 is 0. The third kappa shape index (κ3) is 3.51. The lowest BCUT2D eigenvalue weighted by molar-refractivity contribution is 0.0921. The summed E-state index contributed by atoms with van der Waals surface area (Å²) in [5, 5.41) is 3.15. The van der Waals surface area contributed by atoms with Crippen molar-refractivity contribution in [2.24, 2.45) is 11.8 Å². The van der Waals surface area contributed by atoms with Gasteiger partial charge in [-0.25, -0.2) is 0 Å². The van der Waals surface area contributed by atoms with Crippen LogP contribution in [0.4, 0.5) is 5.69 Å². The smallest absolute Gasteiger partial charge is 0.251 e. The molecule has 0 aromatic heterocycles. The first kappa shape index (κ1) is 14.9. The Morgan fingerprint density at radius 3 is 2.55 bits per heavy atom. The van der Waals surface area contributed by atoms with Gasteiger partial charge in [0, 0.05) is 11.6 Å². The molecular weight excluding hydrogens is 250 g/mol. The second kappa shape index (κ2) is 6.75. The highest BCUT2D eigenvalue weighted by Crippen LogP contribution is 2.26. The fraction of sp³-hybridized carbons (Fsp3) is 0.562. The summed E-state index contributed by atoms with van der Waals surface area (Å²) < 4.78 is 0. The number of nitrogens with two attached hydrogens (primary N) is 1. The molecule has 1 aliphatic carbocycles. The van der Waals surface area contributed by atoms with Gasteiger partial charge in [-0.05, 0) is 62.3 Å². The summed E-state index contributed by atoms with van der Waals surface area (Å²) in [4.78, 5) is 12.3. The molecule has 4 heteroatoms. The van der Waals surface area contributed by atoms with Crippen LogP contribution in [-0.2, 0) is 0 Å². The Morgan fingerprint density at radius 1 is 1.30 bits per heavy atom. The van der Waals surface area contributed by atoms with Crippen LogP contribution in [0.1, 0.15) is 54.9 Å². The topological polar surface area (TPSA) is 67.2 Å². The molecule has 1 aliphatic rings. The molecule has 1 aromatic carbocycles. The van der Waals surface area contributed by atoms with Gasteiger partial charge in [0.15, 0.2) is 0 Å². The SMILES string of the molecule is CCC1CCC(NC(=O)c2ccc(NN)c(C)c2)CC1. The van der Waals surface area contributed by atoms with Crippen molar-refractivity contribution in [3.05, 3.63) is 29.3 Å². The van der Waals surface area contributed by atoms with Gasteiger partial charge < -0.3 is 10.7 Å². The molecule has 4 N–H and O–H groups in total. The van der Waals surface area contributed by atoms with Crippen molar-refractivity contribution in [1.82, 2.24) is 5.32 Å². The van der Waals surface area contributed by atoms with E-state index in [2.05, 4.69) is 17.7 Å². The summed E-state index contributed by atoms with van der Waals surface area (Å²) in [6.45, 7) is 4.19. The first-order chi connectivity index (χ1) is 9.63. The zero-order valence-corrected chi connectivity index (χ0v) is 12.4. The summed E-state index contributed by atoms with van der Waals surface area (Å²) in [6.07, 6.45) is 5.93. The Kier molecular flexibility index (Phi) is 5.01. The molecule has 0 bridgehead atoms. The number of rotatable bonds is 4. The Balaban J connectivity index is 1.93. The maximum atomic E-state index is 12.3. The maximum Gasteiger partial charge on any atom is 0.251 e. The largest absolute Gasteiger partial charge is 0.349 e. The zero-order chi connectivity index (χ0) is 14.5. The van der Waals surface area contributed by atoms with Crippen LogP contribution in [0, 0.1) is 12.8 Å². The minimum absolute atomic E-state index is 0.0246. The normalized spacial score (nSPS) is 22.4. The molecule has 0 saturated heterocycles. The van der Waals surface area contributed by atoms with E-state index in [1.807, 2.05) is 25.1 Å². The monoisotopic (exact) mass is 275 g/mol. The van der Waals surface area contributed by atoms with Crippen LogP contribution >= 0.6 is 0 Å². The van der Waals surface area contributed by atoms with E-state index in [0.717, 1.165) is 30.0 Å². The van der Waals surface area contributed by atoms with Crippen LogP contribution in [0.2, 0.25) is 0 Å². The van der Waals surface area contributed by atoms with Crippen molar-refractivity contribution in [2.45, 2.75) is 52.0 Å². The molecule has 20 heavy (non-hydrogen) atoms. The molecule has 1 aromatic rings. The van der Waals surface area contributed by atoms with E-state index >= 15 is 0 Å². The Morgan fingerprint density at radius 2 is 2.00 bits per heavy atom. The summed E-state index contributed by atoms with van der Waals surface area (Å²) in [5.74, 6) is 6.27. The Bertz CT molecular complexity index is 465. The molecule has 0 unspecified atom stereocenters. The van der Waals surface area contributed by atoms with Crippen LogP contribution in [-0.4, -0.2) is 11.9 Å². The number of nitrogen functional groups attached to an aromatic ring is 1. The fourth-order valence-corrected chi connectivity index (χ4v) is 2.95. The van der Waals surface area contributed by atoms with Crippen LogP contribution in [0.5, 0.6) is 0 Å². The number of hydrogen-bond donors (Lipinski definition) is 3. The van der Waals surface area contributed by atoms with E-state index in [1.165, 1.54) is 19.3 Å². The van der Waals surface area contributed by atoms with Crippen LogP contribution in [0.3, 0.4) is 0 Å². The Hall–Kier alpha value is -1.55. The zero-order valence-electron chi connectivity index (χ0n) is 12.4. The highest BCUT2D eigenvalue weighted by molar-refractivity contribution is 5.95. The van der Waals surface area contributed by atoms with E-state index in [-0.39, 0.29) is 5.91 Å². The van der Waals surface area contributed by atoms with E-state index in [1.54, 1.807) is 0 Å². The van der Waals surface area contributed by atoms with Gasteiger partial charge in [0.05, 0.1) is 5.69 Å². The lowest BCUT2D eigenvalue weighted by Gasteiger charge is -2.28. The number of carbonyl (C=O) groups excluding carboxylic acids is 1. The number of amides is 1. The van der Waals surface area contributed by atoms with Crippen molar-refractivity contribution in [1.29, 1.82) is 0 Å². The average molecular weight is 275 g/mol. The van der Waals surface area contributed by atoms with Gasteiger partial charge in [-0.1, -0.05) is 13.3 Å². The van der Waals surface area contributed by atoms with Crippen LogP contribution in [0.15, 0.2) is 18.2 Å². The average Bonchev–Trinajstić information content (AvgIpc) is 2.48. The fourth-order valence-electron chi connectivity index (χ4n) is 2.95. The van der Waals surface area contributed by atoms with Crippen molar-refractivity contribution in [2.75, 3.05) is 5.43 Å². The minimum atomic E-state index is 0.0246. The van der Waals surface area contributed by atoms with Crippen molar-refractivity contribution in [3.8, 4) is 0 Å². The molecule has 0 heterocycles. The minimum Gasteiger partial charge on any atom is -0.349 e.